The van der Waals surface area contributed by atoms with Gasteiger partial charge >= 0.3 is 6.09 Å². The molecule has 0 aromatic heterocycles. The zero-order valence-corrected chi connectivity index (χ0v) is 21.8. The highest BCUT2D eigenvalue weighted by atomic mass is 16.6. The van der Waals surface area contributed by atoms with Crippen LogP contribution in [0.3, 0.4) is 0 Å². The molecule has 8 nitrogen and oxygen atoms in total. The van der Waals surface area contributed by atoms with Crippen LogP contribution in [0.4, 0.5) is 10.5 Å². The molecule has 2 aliphatic rings. The van der Waals surface area contributed by atoms with E-state index in [0.29, 0.717) is 11.3 Å². The van der Waals surface area contributed by atoms with Gasteiger partial charge in [-0.3, -0.25) is 14.5 Å². The Hall–Kier alpha value is -3.86. The summed E-state index contributed by atoms with van der Waals surface area (Å²) in [6.07, 6.45) is 2.30. The Morgan fingerprint density at radius 2 is 1.89 bits per heavy atom. The zero-order valence-electron chi connectivity index (χ0n) is 21.8. The lowest BCUT2D eigenvalue weighted by Gasteiger charge is -2.35. The minimum atomic E-state index is -0.783. The molecular weight excluding hydrogens is 468 g/mol. The Morgan fingerprint density at radius 1 is 1.14 bits per heavy atom. The fourth-order valence-electron chi connectivity index (χ4n) is 5.33. The second-order valence-electron chi connectivity index (χ2n) is 10.9. The number of benzene rings is 2. The van der Waals surface area contributed by atoms with Gasteiger partial charge in [-0.25, -0.2) is 4.79 Å². The molecule has 2 N–H and O–H groups in total. The summed E-state index contributed by atoms with van der Waals surface area (Å²) in [5.41, 5.74) is 2.22. The zero-order chi connectivity index (χ0) is 26.7. The number of likely N-dealkylation sites (tertiary alicyclic amines) is 1. The predicted molar refractivity (Wildman–Crippen MR) is 140 cm³/mol. The number of aryl methyl sites for hydroxylation is 1. The topological polar surface area (TPSA) is 112 Å². The number of nitriles is 1. The molecule has 1 saturated carbocycles. The lowest BCUT2D eigenvalue weighted by atomic mass is 9.97. The van der Waals surface area contributed by atoms with Gasteiger partial charge in [-0.2, -0.15) is 5.26 Å². The van der Waals surface area contributed by atoms with Gasteiger partial charge in [0, 0.05) is 23.7 Å². The number of hydrogen-bond donors (Lipinski definition) is 2. The highest BCUT2D eigenvalue weighted by Gasteiger charge is 2.52. The van der Waals surface area contributed by atoms with E-state index in [0.717, 1.165) is 30.4 Å². The van der Waals surface area contributed by atoms with Crippen molar-refractivity contribution in [3.8, 4) is 6.07 Å². The van der Waals surface area contributed by atoms with Crippen molar-refractivity contribution < 1.29 is 19.1 Å². The van der Waals surface area contributed by atoms with Crippen molar-refractivity contribution in [1.82, 2.24) is 10.2 Å². The normalized spacial score (nSPS) is 21.2. The summed E-state index contributed by atoms with van der Waals surface area (Å²) in [6, 6.07) is 15.3. The van der Waals surface area contributed by atoms with Crippen LogP contribution in [0.2, 0.25) is 0 Å². The van der Waals surface area contributed by atoms with Gasteiger partial charge in [0.25, 0.3) is 5.91 Å². The number of nitrogens with zero attached hydrogens (tertiary/aromatic N) is 2. The van der Waals surface area contributed by atoms with Crippen molar-refractivity contribution in [3.63, 3.8) is 0 Å². The number of piperidine rings is 1. The van der Waals surface area contributed by atoms with Gasteiger partial charge in [-0.1, -0.05) is 30.3 Å². The minimum absolute atomic E-state index is 0.00956. The van der Waals surface area contributed by atoms with Crippen molar-refractivity contribution in [2.75, 3.05) is 5.32 Å². The largest absolute Gasteiger partial charge is 0.444 e. The van der Waals surface area contributed by atoms with Crippen molar-refractivity contribution in [2.45, 2.75) is 77.1 Å². The summed E-state index contributed by atoms with van der Waals surface area (Å²) in [6.45, 7) is 7.29. The first-order valence-electron chi connectivity index (χ1n) is 12.7. The van der Waals surface area contributed by atoms with Crippen LogP contribution in [0.1, 0.15) is 61.5 Å². The summed E-state index contributed by atoms with van der Waals surface area (Å²) in [5.74, 6) is -0.468. The van der Waals surface area contributed by atoms with E-state index in [1.807, 2.05) is 31.2 Å². The van der Waals surface area contributed by atoms with Gasteiger partial charge in [0.1, 0.15) is 17.7 Å². The Morgan fingerprint density at radius 3 is 2.59 bits per heavy atom. The molecule has 1 aliphatic carbocycles. The highest BCUT2D eigenvalue weighted by Crippen LogP contribution is 2.43. The van der Waals surface area contributed by atoms with Crippen LogP contribution in [0.5, 0.6) is 0 Å². The average Bonchev–Trinajstić information content (AvgIpc) is 3.45. The number of rotatable bonds is 6. The number of carbonyl (C=O) groups excluding carboxylic acids is 3. The van der Waals surface area contributed by atoms with Crippen molar-refractivity contribution in [1.29, 1.82) is 5.26 Å². The third kappa shape index (κ3) is 6.11. The molecule has 0 radical (unpaired) electrons. The van der Waals surface area contributed by atoms with E-state index in [1.54, 1.807) is 49.9 Å². The number of nitrogens with one attached hydrogen (secondary N) is 2. The maximum Gasteiger partial charge on any atom is 0.411 e. The van der Waals surface area contributed by atoms with E-state index in [4.69, 9.17) is 4.74 Å². The SMILES string of the molecule is Cc1ccccc1C(=O)Nc1cccc(CC(C#N)NC(=O)[C@@H]2[C@H]3CC[C@H](C3)N2C(=O)OC(C)(C)C)c1. The molecule has 4 atom stereocenters. The van der Waals surface area contributed by atoms with Gasteiger partial charge in [-0.05, 0) is 82.2 Å². The average molecular weight is 503 g/mol. The molecule has 1 heterocycles. The lowest BCUT2D eigenvalue weighted by molar-refractivity contribution is -0.128. The van der Waals surface area contributed by atoms with Gasteiger partial charge in [0.15, 0.2) is 0 Å². The van der Waals surface area contributed by atoms with E-state index in [2.05, 4.69) is 16.7 Å². The van der Waals surface area contributed by atoms with Crippen molar-refractivity contribution in [2.24, 2.45) is 5.92 Å². The number of anilines is 1. The van der Waals surface area contributed by atoms with Crippen LogP contribution in [0, 0.1) is 24.2 Å². The molecule has 194 valence electrons. The quantitative estimate of drug-likeness (QED) is 0.600. The molecular formula is C29H34N4O4. The van der Waals surface area contributed by atoms with E-state index < -0.39 is 23.8 Å². The van der Waals surface area contributed by atoms with Crippen LogP contribution in [0.15, 0.2) is 48.5 Å². The molecule has 4 rings (SSSR count). The number of ether oxygens (including phenoxy) is 1. The molecule has 37 heavy (non-hydrogen) atoms. The first kappa shape index (κ1) is 26.2. The number of fused-ring (bicyclic) bond motifs is 2. The molecule has 2 aromatic carbocycles. The van der Waals surface area contributed by atoms with Crippen LogP contribution >= 0.6 is 0 Å². The van der Waals surface area contributed by atoms with Gasteiger partial charge in [-0.15, -0.1) is 0 Å². The molecule has 1 aliphatic heterocycles. The smallest absolute Gasteiger partial charge is 0.411 e. The first-order valence-corrected chi connectivity index (χ1v) is 12.7. The molecule has 8 heteroatoms. The third-order valence-electron chi connectivity index (χ3n) is 6.94. The van der Waals surface area contributed by atoms with E-state index in [1.165, 1.54) is 0 Å². The van der Waals surface area contributed by atoms with Crippen molar-refractivity contribution >= 4 is 23.6 Å². The van der Waals surface area contributed by atoms with Crippen molar-refractivity contribution in [3.05, 3.63) is 65.2 Å². The van der Waals surface area contributed by atoms with Crippen LogP contribution < -0.4 is 10.6 Å². The second kappa shape index (κ2) is 10.6. The Bertz CT molecular complexity index is 1230. The molecule has 1 saturated heterocycles. The Balaban J connectivity index is 1.42. The van der Waals surface area contributed by atoms with Gasteiger partial charge < -0.3 is 15.4 Å². The van der Waals surface area contributed by atoms with Crippen LogP contribution in [-0.4, -0.2) is 46.5 Å². The molecule has 2 aromatic rings. The predicted octanol–water partition coefficient (Wildman–Crippen LogP) is 4.59. The Labute approximate surface area is 218 Å². The summed E-state index contributed by atoms with van der Waals surface area (Å²) in [5, 5.41) is 15.5. The minimum Gasteiger partial charge on any atom is -0.444 e. The van der Waals surface area contributed by atoms with Gasteiger partial charge in [0.2, 0.25) is 5.91 Å². The number of amides is 3. The summed E-state index contributed by atoms with van der Waals surface area (Å²) in [4.78, 5) is 40.5. The van der Waals surface area contributed by atoms with Crippen LogP contribution in [-0.2, 0) is 16.0 Å². The third-order valence-corrected chi connectivity index (χ3v) is 6.94. The van der Waals surface area contributed by atoms with Gasteiger partial charge in [0.05, 0.1) is 6.07 Å². The van der Waals surface area contributed by atoms with E-state index in [9.17, 15) is 19.6 Å². The monoisotopic (exact) mass is 502 g/mol. The number of carbonyl (C=O) groups is 3. The van der Waals surface area contributed by atoms with Crippen LogP contribution in [0.25, 0.3) is 0 Å². The molecule has 0 spiro atoms. The fourth-order valence-corrected chi connectivity index (χ4v) is 5.33. The van der Waals surface area contributed by atoms with E-state index in [-0.39, 0.29) is 30.2 Å². The summed E-state index contributed by atoms with van der Waals surface area (Å²) >= 11 is 0. The highest BCUT2D eigenvalue weighted by molar-refractivity contribution is 6.05. The second-order valence-corrected chi connectivity index (χ2v) is 10.9. The Kier molecular flexibility index (Phi) is 7.53. The molecule has 2 fully saturated rings. The van der Waals surface area contributed by atoms with E-state index >= 15 is 0 Å². The molecule has 3 amide bonds. The summed E-state index contributed by atoms with van der Waals surface area (Å²) < 4.78 is 5.57. The maximum atomic E-state index is 13.3. The summed E-state index contributed by atoms with van der Waals surface area (Å²) in [7, 11) is 0. The maximum absolute atomic E-state index is 13.3. The first-order chi connectivity index (χ1) is 17.6. The molecule has 2 bridgehead atoms. The lowest BCUT2D eigenvalue weighted by Crippen LogP contribution is -2.55. The fraction of sp³-hybridized carbons (Fsp3) is 0.448. The molecule has 1 unspecified atom stereocenters. The standard InChI is InChI=1S/C29H34N4O4/c1-18-8-5-6-11-24(18)26(34)31-21-10-7-9-19(14-21)15-22(17-30)32-27(35)25-20-12-13-23(16-20)33(25)28(36)37-29(2,3)4/h5-11,14,20,22-23,25H,12-13,15-16H2,1-4H3,(H,31,34)(H,32,35)/t20-,22?,23+,25-/m0/s1. The number of hydrogen-bond acceptors (Lipinski definition) is 5.